The van der Waals surface area contributed by atoms with E-state index in [0.29, 0.717) is 6.61 Å². The minimum Gasteiger partial charge on any atom is -0.396 e. The average molecular weight is 146 g/mol. The van der Waals surface area contributed by atoms with Crippen molar-refractivity contribution in [3.63, 3.8) is 0 Å². The molecule has 1 aliphatic heterocycles. The van der Waals surface area contributed by atoms with Gasteiger partial charge in [-0.25, -0.2) is 0 Å². The molecule has 0 spiro atoms. The Balaban J connectivity index is 2.08. The molecular weight excluding hydrogens is 132 g/mol. The van der Waals surface area contributed by atoms with Gasteiger partial charge >= 0.3 is 0 Å². The van der Waals surface area contributed by atoms with E-state index in [1.807, 2.05) is 11.8 Å². The lowest BCUT2D eigenvalue weighted by molar-refractivity contribution is 0.251. The molecule has 1 N–H and O–H groups in total. The van der Waals surface area contributed by atoms with Crippen molar-refractivity contribution in [1.29, 1.82) is 0 Å². The van der Waals surface area contributed by atoms with Gasteiger partial charge in [-0.2, -0.15) is 11.8 Å². The van der Waals surface area contributed by atoms with Gasteiger partial charge in [0.1, 0.15) is 0 Å². The molecule has 0 amide bonds. The second-order valence-electron chi connectivity index (χ2n) is 2.57. The van der Waals surface area contributed by atoms with Gasteiger partial charge in [0, 0.05) is 6.61 Å². The lowest BCUT2D eigenvalue weighted by Gasteiger charge is -2.19. The van der Waals surface area contributed by atoms with Gasteiger partial charge in [-0.05, 0) is 36.7 Å². The molecule has 0 saturated carbocycles. The normalized spacial score (nSPS) is 22.3. The van der Waals surface area contributed by atoms with E-state index in [1.54, 1.807) is 0 Å². The molecule has 0 bridgehead atoms. The number of hydrogen-bond donors (Lipinski definition) is 1. The van der Waals surface area contributed by atoms with Crippen molar-refractivity contribution >= 4 is 11.8 Å². The van der Waals surface area contributed by atoms with E-state index in [-0.39, 0.29) is 0 Å². The Hall–Kier alpha value is 0.310. The summed E-state index contributed by atoms with van der Waals surface area (Å²) >= 11 is 2.04. The van der Waals surface area contributed by atoms with Crippen LogP contribution in [0.5, 0.6) is 0 Å². The number of aliphatic hydroxyl groups excluding tert-OH is 1. The maximum atomic E-state index is 8.61. The van der Waals surface area contributed by atoms with Crippen LogP contribution in [0, 0.1) is 5.92 Å². The third kappa shape index (κ3) is 2.59. The van der Waals surface area contributed by atoms with Crippen LogP contribution in [-0.2, 0) is 0 Å². The van der Waals surface area contributed by atoms with E-state index in [9.17, 15) is 0 Å². The summed E-state index contributed by atoms with van der Waals surface area (Å²) in [5.74, 6) is 3.45. The Kier molecular flexibility index (Phi) is 3.44. The summed E-state index contributed by atoms with van der Waals surface area (Å²) in [5, 5.41) is 8.61. The first-order chi connectivity index (χ1) is 4.43. The van der Waals surface area contributed by atoms with Crippen LogP contribution >= 0.6 is 11.8 Å². The van der Waals surface area contributed by atoms with Gasteiger partial charge < -0.3 is 5.11 Å². The van der Waals surface area contributed by atoms with Crippen molar-refractivity contribution in [3.05, 3.63) is 0 Å². The summed E-state index contributed by atoms with van der Waals surface area (Å²) in [6, 6.07) is 0. The highest BCUT2D eigenvalue weighted by atomic mass is 32.2. The molecule has 1 aliphatic rings. The van der Waals surface area contributed by atoms with Crippen LogP contribution in [0.3, 0.4) is 0 Å². The highest BCUT2D eigenvalue weighted by Gasteiger charge is 2.11. The molecular formula is C7H14OS. The molecule has 0 unspecified atom stereocenters. The fraction of sp³-hybridized carbons (Fsp3) is 1.00. The van der Waals surface area contributed by atoms with Crippen LogP contribution in [0.2, 0.25) is 0 Å². The van der Waals surface area contributed by atoms with Crippen LogP contribution in [0.15, 0.2) is 0 Å². The standard InChI is InChI=1S/C7H14OS/c8-4-1-7-2-5-9-6-3-7/h7-8H,1-6H2. The smallest absolute Gasteiger partial charge is 0.0433 e. The third-order valence-corrected chi connectivity index (χ3v) is 2.93. The van der Waals surface area contributed by atoms with Gasteiger partial charge in [0.2, 0.25) is 0 Å². The lowest BCUT2D eigenvalue weighted by Crippen LogP contribution is -2.10. The monoisotopic (exact) mass is 146 g/mol. The third-order valence-electron chi connectivity index (χ3n) is 1.88. The summed E-state index contributed by atoms with van der Waals surface area (Å²) in [4.78, 5) is 0. The molecule has 0 aliphatic carbocycles. The highest BCUT2D eigenvalue weighted by molar-refractivity contribution is 7.99. The van der Waals surface area contributed by atoms with Gasteiger partial charge in [-0.15, -0.1) is 0 Å². The molecule has 1 heterocycles. The molecule has 0 aromatic carbocycles. The van der Waals surface area contributed by atoms with E-state index in [1.165, 1.54) is 24.3 Å². The van der Waals surface area contributed by atoms with E-state index in [4.69, 9.17) is 5.11 Å². The fourth-order valence-electron chi connectivity index (χ4n) is 1.22. The van der Waals surface area contributed by atoms with Crippen LogP contribution in [0.4, 0.5) is 0 Å². The van der Waals surface area contributed by atoms with E-state index >= 15 is 0 Å². The van der Waals surface area contributed by atoms with Crippen LogP contribution < -0.4 is 0 Å². The van der Waals surface area contributed by atoms with Crippen molar-refractivity contribution in [3.8, 4) is 0 Å². The molecule has 1 nitrogen and oxygen atoms in total. The Labute approximate surface area is 60.8 Å². The summed E-state index contributed by atoms with van der Waals surface area (Å²) < 4.78 is 0. The summed E-state index contributed by atoms with van der Waals surface area (Å²) in [5.41, 5.74) is 0. The van der Waals surface area contributed by atoms with Crippen LogP contribution in [-0.4, -0.2) is 23.2 Å². The summed E-state index contributed by atoms with van der Waals surface area (Å²) in [7, 11) is 0. The average Bonchev–Trinajstić information content (AvgIpc) is 1.91. The first-order valence-electron chi connectivity index (χ1n) is 3.62. The van der Waals surface area contributed by atoms with Crippen molar-refractivity contribution in [2.75, 3.05) is 18.1 Å². The molecule has 2 heteroatoms. The molecule has 9 heavy (non-hydrogen) atoms. The maximum Gasteiger partial charge on any atom is 0.0433 e. The van der Waals surface area contributed by atoms with Crippen molar-refractivity contribution < 1.29 is 5.11 Å². The van der Waals surface area contributed by atoms with Gasteiger partial charge in [0.05, 0.1) is 0 Å². The maximum absolute atomic E-state index is 8.61. The Bertz CT molecular complexity index is 66.6. The molecule has 54 valence electrons. The summed E-state index contributed by atoms with van der Waals surface area (Å²) in [6.07, 6.45) is 3.68. The first-order valence-corrected chi connectivity index (χ1v) is 4.77. The van der Waals surface area contributed by atoms with E-state index < -0.39 is 0 Å². The Morgan fingerprint density at radius 2 is 2.00 bits per heavy atom. The SMILES string of the molecule is OCCC1CCSCC1. The van der Waals surface area contributed by atoms with Gasteiger partial charge in [0.25, 0.3) is 0 Å². The van der Waals surface area contributed by atoms with E-state index in [0.717, 1.165) is 12.3 Å². The quantitative estimate of drug-likeness (QED) is 0.637. The van der Waals surface area contributed by atoms with Gasteiger partial charge in [-0.3, -0.25) is 0 Å². The summed E-state index contributed by atoms with van der Waals surface area (Å²) in [6.45, 7) is 0.384. The minimum atomic E-state index is 0.384. The fourth-order valence-corrected chi connectivity index (χ4v) is 2.42. The zero-order valence-electron chi connectivity index (χ0n) is 5.68. The van der Waals surface area contributed by atoms with Crippen LogP contribution in [0.25, 0.3) is 0 Å². The van der Waals surface area contributed by atoms with Crippen molar-refractivity contribution in [1.82, 2.24) is 0 Å². The molecule has 1 saturated heterocycles. The van der Waals surface area contributed by atoms with Gasteiger partial charge in [-0.1, -0.05) is 0 Å². The Morgan fingerprint density at radius 1 is 1.33 bits per heavy atom. The minimum absolute atomic E-state index is 0.384. The molecule has 0 atom stereocenters. The van der Waals surface area contributed by atoms with Crippen LogP contribution in [0.1, 0.15) is 19.3 Å². The molecule has 0 aromatic rings. The predicted molar refractivity (Wildman–Crippen MR) is 41.8 cm³/mol. The Morgan fingerprint density at radius 3 is 2.56 bits per heavy atom. The number of thioether (sulfide) groups is 1. The second-order valence-corrected chi connectivity index (χ2v) is 3.79. The molecule has 1 fully saturated rings. The molecule has 0 aromatic heterocycles. The molecule has 0 radical (unpaired) electrons. The van der Waals surface area contributed by atoms with E-state index in [2.05, 4.69) is 0 Å². The first kappa shape index (κ1) is 7.42. The number of rotatable bonds is 2. The predicted octanol–water partition coefficient (Wildman–Crippen LogP) is 1.51. The van der Waals surface area contributed by atoms with Gasteiger partial charge in [0.15, 0.2) is 0 Å². The van der Waals surface area contributed by atoms with Crippen molar-refractivity contribution in [2.24, 2.45) is 5.92 Å². The van der Waals surface area contributed by atoms with Crippen molar-refractivity contribution in [2.45, 2.75) is 19.3 Å². The number of hydrogen-bond acceptors (Lipinski definition) is 2. The largest absolute Gasteiger partial charge is 0.396 e. The zero-order chi connectivity index (χ0) is 6.53. The second kappa shape index (κ2) is 4.18. The number of aliphatic hydroxyl groups is 1. The zero-order valence-corrected chi connectivity index (χ0v) is 6.49. The topological polar surface area (TPSA) is 20.2 Å². The molecule has 1 rings (SSSR count). The highest BCUT2D eigenvalue weighted by Crippen LogP contribution is 2.24. The lowest BCUT2D eigenvalue weighted by atomic mass is 10.00.